The fourth-order valence-corrected chi connectivity index (χ4v) is 2.08. The molecule has 0 heterocycles. The maximum atomic E-state index is 11.9. The Morgan fingerprint density at radius 2 is 2.10 bits per heavy atom. The maximum Gasteiger partial charge on any atom is 0.251 e. The van der Waals surface area contributed by atoms with Gasteiger partial charge in [-0.05, 0) is 18.2 Å². The molecule has 7 nitrogen and oxygen atoms in total. The van der Waals surface area contributed by atoms with E-state index >= 15 is 0 Å². The fourth-order valence-electron chi connectivity index (χ4n) is 1.52. The van der Waals surface area contributed by atoms with E-state index in [4.69, 9.17) is 14.6 Å². The second kappa shape index (κ2) is 7.34. The molecule has 1 aromatic rings. The van der Waals surface area contributed by atoms with Gasteiger partial charge < -0.3 is 14.8 Å². The van der Waals surface area contributed by atoms with Crippen LogP contribution in [0.2, 0.25) is 0 Å². The van der Waals surface area contributed by atoms with Gasteiger partial charge in [0.1, 0.15) is 0 Å². The van der Waals surface area contributed by atoms with Crippen molar-refractivity contribution in [1.82, 2.24) is 5.32 Å². The predicted molar refractivity (Wildman–Crippen MR) is 72.8 cm³/mol. The quantitative estimate of drug-likeness (QED) is 0.720. The molecule has 0 saturated carbocycles. The van der Waals surface area contributed by atoms with E-state index in [0.29, 0.717) is 6.61 Å². The highest BCUT2D eigenvalue weighted by molar-refractivity contribution is 7.89. The highest BCUT2D eigenvalue weighted by Gasteiger charge is 2.13. The van der Waals surface area contributed by atoms with Crippen molar-refractivity contribution in [3.8, 4) is 0 Å². The molecule has 1 rings (SSSR count). The Morgan fingerprint density at radius 3 is 2.65 bits per heavy atom. The number of carbonyl (C=O) groups excluding carboxylic acids is 1. The largest absolute Gasteiger partial charge is 0.382 e. The second-order valence-corrected chi connectivity index (χ2v) is 5.66. The molecular weight excluding hydrogens is 284 g/mol. The maximum absolute atomic E-state index is 11.9. The molecular formula is C12H18N2O5S. The average Bonchev–Trinajstić information content (AvgIpc) is 2.42. The number of carbonyl (C=O) groups is 1. The molecule has 3 N–H and O–H groups in total. The summed E-state index contributed by atoms with van der Waals surface area (Å²) in [4.78, 5) is 11.8. The van der Waals surface area contributed by atoms with E-state index in [1.54, 1.807) is 0 Å². The van der Waals surface area contributed by atoms with Gasteiger partial charge in [-0.1, -0.05) is 6.07 Å². The Hall–Kier alpha value is -1.48. The van der Waals surface area contributed by atoms with Crippen LogP contribution in [0.4, 0.5) is 0 Å². The number of nitrogens with two attached hydrogens (primary N) is 1. The molecule has 0 aliphatic rings. The van der Waals surface area contributed by atoms with E-state index < -0.39 is 15.9 Å². The Bertz CT molecular complexity index is 559. The summed E-state index contributed by atoms with van der Waals surface area (Å²) >= 11 is 0. The summed E-state index contributed by atoms with van der Waals surface area (Å²) in [5.41, 5.74) is 0.212. The molecule has 0 fully saturated rings. The summed E-state index contributed by atoms with van der Waals surface area (Å²) in [6, 6.07) is 5.51. The third-order valence-electron chi connectivity index (χ3n) is 2.60. The Kier molecular flexibility index (Phi) is 6.08. The van der Waals surface area contributed by atoms with Gasteiger partial charge in [0, 0.05) is 26.3 Å². The van der Waals surface area contributed by atoms with Gasteiger partial charge in [-0.2, -0.15) is 0 Å². The van der Waals surface area contributed by atoms with Crippen LogP contribution < -0.4 is 10.5 Å². The van der Waals surface area contributed by atoms with E-state index in [-0.39, 0.29) is 23.1 Å². The molecule has 8 heteroatoms. The first kappa shape index (κ1) is 16.6. The average molecular weight is 302 g/mol. The molecule has 0 aliphatic carbocycles. The number of sulfonamides is 1. The smallest absolute Gasteiger partial charge is 0.251 e. The minimum absolute atomic E-state index is 0.106. The van der Waals surface area contributed by atoms with E-state index in [1.807, 2.05) is 0 Å². The van der Waals surface area contributed by atoms with Crippen molar-refractivity contribution in [3.05, 3.63) is 29.8 Å². The lowest BCUT2D eigenvalue weighted by atomic mass is 10.2. The van der Waals surface area contributed by atoms with Crippen molar-refractivity contribution in [3.63, 3.8) is 0 Å². The molecule has 1 amide bonds. The number of ether oxygens (including phenoxy) is 2. The third-order valence-corrected chi connectivity index (χ3v) is 3.51. The zero-order chi connectivity index (χ0) is 15.2. The highest BCUT2D eigenvalue weighted by Crippen LogP contribution is 2.09. The molecule has 20 heavy (non-hydrogen) atoms. The minimum atomic E-state index is -3.83. The van der Waals surface area contributed by atoms with Crippen LogP contribution in [0.15, 0.2) is 29.2 Å². The number of amides is 1. The number of hydrogen-bond acceptors (Lipinski definition) is 5. The molecule has 112 valence electrons. The zero-order valence-corrected chi connectivity index (χ0v) is 12.1. The van der Waals surface area contributed by atoms with Crippen molar-refractivity contribution >= 4 is 15.9 Å². The van der Waals surface area contributed by atoms with Crippen molar-refractivity contribution in [2.45, 2.75) is 11.0 Å². The van der Waals surface area contributed by atoms with Crippen LogP contribution in [0, 0.1) is 0 Å². The van der Waals surface area contributed by atoms with Crippen LogP contribution in [0.25, 0.3) is 0 Å². The first-order valence-electron chi connectivity index (χ1n) is 5.81. The van der Waals surface area contributed by atoms with E-state index in [0.717, 1.165) is 0 Å². The Morgan fingerprint density at radius 1 is 1.40 bits per heavy atom. The molecule has 1 unspecified atom stereocenters. The monoisotopic (exact) mass is 302 g/mol. The number of benzene rings is 1. The number of rotatable bonds is 7. The van der Waals surface area contributed by atoms with Crippen LogP contribution in [0.5, 0.6) is 0 Å². The normalized spacial score (nSPS) is 12.9. The topological polar surface area (TPSA) is 108 Å². The zero-order valence-electron chi connectivity index (χ0n) is 11.3. The van der Waals surface area contributed by atoms with Gasteiger partial charge in [-0.25, -0.2) is 13.6 Å². The van der Waals surface area contributed by atoms with Gasteiger partial charge in [0.15, 0.2) is 0 Å². The highest BCUT2D eigenvalue weighted by atomic mass is 32.2. The summed E-state index contributed by atoms with van der Waals surface area (Å²) in [5, 5.41) is 7.65. The van der Waals surface area contributed by atoms with Crippen LogP contribution in [-0.4, -0.2) is 47.8 Å². The molecule has 0 radical (unpaired) electrons. The molecule has 1 aromatic carbocycles. The van der Waals surface area contributed by atoms with Gasteiger partial charge >= 0.3 is 0 Å². The lowest BCUT2D eigenvalue weighted by Gasteiger charge is -2.15. The lowest BCUT2D eigenvalue weighted by Crippen LogP contribution is -2.35. The molecule has 0 bridgehead atoms. The van der Waals surface area contributed by atoms with Crippen molar-refractivity contribution < 1.29 is 22.7 Å². The van der Waals surface area contributed by atoms with Gasteiger partial charge in [0.25, 0.3) is 5.91 Å². The predicted octanol–water partition coefficient (Wildman–Crippen LogP) is -0.275. The number of nitrogens with one attached hydrogen (secondary N) is 1. The number of hydrogen-bond donors (Lipinski definition) is 2. The standard InChI is InChI=1S/C12H18N2O5S/c1-18-8-10(19-2)7-14-12(15)9-4-3-5-11(6-9)20(13,16)17/h3-6,10H,7-8H2,1-2H3,(H,14,15)(H2,13,16,17). The van der Waals surface area contributed by atoms with E-state index in [1.165, 1.54) is 38.5 Å². The molecule has 0 aliphatic heterocycles. The van der Waals surface area contributed by atoms with E-state index in [2.05, 4.69) is 5.32 Å². The molecule has 0 aromatic heterocycles. The van der Waals surface area contributed by atoms with Gasteiger partial charge in [-0.3, -0.25) is 4.79 Å². The number of primary sulfonamides is 1. The number of methoxy groups -OCH3 is 2. The van der Waals surface area contributed by atoms with Gasteiger partial charge in [-0.15, -0.1) is 0 Å². The Labute approximate surface area is 118 Å². The molecule has 1 atom stereocenters. The first-order chi connectivity index (χ1) is 9.38. The molecule has 0 saturated heterocycles. The third kappa shape index (κ3) is 4.89. The summed E-state index contributed by atoms with van der Waals surface area (Å²) < 4.78 is 32.5. The van der Waals surface area contributed by atoms with Gasteiger partial charge in [0.05, 0.1) is 17.6 Å². The van der Waals surface area contributed by atoms with Crippen LogP contribution >= 0.6 is 0 Å². The van der Waals surface area contributed by atoms with Gasteiger partial charge in [0.2, 0.25) is 10.0 Å². The Balaban J connectivity index is 2.73. The molecule has 0 spiro atoms. The van der Waals surface area contributed by atoms with Crippen LogP contribution in [0.1, 0.15) is 10.4 Å². The lowest BCUT2D eigenvalue weighted by molar-refractivity contribution is 0.0285. The SMILES string of the molecule is COCC(CNC(=O)c1cccc(S(N)(=O)=O)c1)OC. The van der Waals surface area contributed by atoms with Crippen LogP contribution in [0.3, 0.4) is 0 Å². The van der Waals surface area contributed by atoms with Crippen LogP contribution in [-0.2, 0) is 19.5 Å². The minimum Gasteiger partial charge on any atom is -0.382 e. The first-order valence-corrected chi connectivity index (χ1v) is 7.36. The fraction of sp³-hybridized carbons (Fsp3) is 0.417. The van der Waals surface area contributed by atoms with Crippen molar-refractivity contribution in [1.29, 1.82) is 0 Å². The van der Waals surface area contributed by atoms with E-state index in [9.17, 15) is 13.2 Å². The summed E-state index contributed by atoms with van der Waals surface area (Å²) in [6.45, 7) is 0.594. The van der Waals surface area contributed by atoms with Crippen molar-refractivity contribution in [2.75, 3.05) is 27.4 Å². The van der Waals surface area contributed by atoms with Crippen molar-refractivity contribution in [2.24, 2.45) is 5.14 Å². The summed E-state index contributed by atoms with van der Waals surface area (Å²) in [5.74, 6) is -0.409. The summed E-state index contributed by atoms with van der Waals surface area (Å²) in [7, 11) is -0.786. The second-order valence-electron chi connectivity index (χ2n) is 4.10. The summed E-state index contributed by atoms with van der Waals surface area (Å²) in [6.07, 6.45) is -0.273.